The lowest BCUT2D eigenvalue weighted by atomic mass is 9.88. The maximum atomic E-state index is 6.32. The van der Waals surface area contributed by atoms with Crippen LogP contribution in [-0.4, -0.2) is 25.4 Å². The fourth-order valence-electron chi connectivity index (χ4n) is 2.36. The molecule has 100 valence electrons. The molecule has 2 unspecified atom stereocenters. The van der Waals surface area contributed by atoms with Gasteiger partial charge in [0.05, 0.1) is 12.2 Å². The molecular formula is C15H23NO2. The summed E-state index contributed by atoms with van der Waals surface area (Å²) >= 11 is 0. The number of hydrogen-bond donors (Lipinski definition) is 1. The zero-order chi connectivity index (χ0) is 13.2. The normalized spacial score (nSPS) is 20.3. The third-order valence-corrected chi connectivity index (χ3v) is 3.89. The van der Waals surface area contributed by atoms with E-state index >= 15 is 0 Å². The largest absolute Gasteiger partial charge is 0.493 e. The minimum absolute atomic E-state index is 0.101. The fraction of sp³-hybridized carbons (Fsp3) is 0.600. The number of fused-ring (bicyclic) bond motifs is 1. The second-order valence-corrected chi connectivity index (χ2v) is 5.62. The molecule has 1 aliphatic rings. The summed E-state index contributed by atoms with van der Waals surface area (Å²) < 4.78 is 11.1. The van der Waals surface area contributed by atoms with Gasteiger partial charge in [0.25, 0.3) is 0 Å². The van der Waals surface area contributed by atoms with Crippen molar-refractivity contribution in [3.05, 3.63) is 29.8 Å². The molecule has 0 aliphatic carbocycles. The van der Waals surface area contributed by atoms with Gasteiger partial charge < -0.3 is 15.2 Å². The molecule has 3 heteroatoms. The highest BCUT2D eigenvalue weighted by atomic mass is 16.5. The smallest absolute Gasteiger partial charge is 0.122 e. The molecule has 18 heavy (non-hydrogen) atoms. The van der Waals surface area contributed by atoms with Gasteiger partial charge in [-0.25, -0.2) is 0 Å². The van der Waals surface area contributed by atoms with E-state index in [1.807, 2.05) is 18.2 Å². The fourth-order valence-corrected chi connectivity index (χ4v) is 2.36. The van der Waals surface area contributed by atoms with E-state index in [0.717, 1.165) is 18.6 Å². The Morgan fingerprint density at radius 1 is 1.44 bits per heavy atom. The van der Waals surface area contributed by atoms with E-state index < -0.39 is 0 Å². The average molecular weight is 249 g/mol. The van der Waals surface area contributed by atoms with Gasteiger partial charge in [-0.05, 0) is 32.8 Å². The van der Waals surface area contributed by atoms with E-state index in [-0.39, 0.29) is 11.6 Å². The first kappa shape index (κ1) is 13.4. The monoisotopic (exact) mass is 249 g/mol. The van der Waals surface area contributed by atoms with E-state index in [9.17, 15) is 0 Å². The molecule has 2 rings (SSSR count). The molecule has 1 aromatic rings. The molecule has 1 aliphatic heterocycles. The van der Waals surface area contributed by atoms with Crippen molar-refractivity contribution in [2.24, 2.45) is 5.73 Å². The Morgan fingerprint density at radius 3 is 2.89 bits per heavy atom. The SMILES string of the molecule is COC(C)(C)CCC(N)C1COc2ccccc21. The second kappa shape index (κ2) is 5.29. The molecule has 0 bridgehead atoms. The summed E-state index contributed by atoms with van der Waals surface area (Å²) in [7, 11) is 1.75. The Balaban J connectivity index is 1.97. The number of nitrogens with two attached hydrogens (primary N) is 1. The van der Waals surface area contributed by atoms with Crippen molar-refractivity contribution < 1.29 is 9.47 Å². The van der Waals surface area contributed by atoms with Crippen molar-refractivity contribution in [1.29, 1.82) is 0 Å². The average Bonchev–Trinajstić information content (AvgIpc) is 2.80. The van der Waals surface area contributed by atoms with Gasteiger partial charge >= 0.3 is 0 Å². The highest BCUT2D eigenvalue weighted by molar-refractivity contribution is 5.40. The number of para-hydroxylation sites is 1. The number of rotatable bonds is 5. The van der Waals surface area contributed by atoms with Crippen LogP contribution in [0.2, 0.25) is 0 Å². The van der Waals surface area contributed by atoms with Crippen molar-refractivity contribution in [3.8, 4) is 5.75 Å². The third kappa shape index (κ3) is 2.85. The Labute approximate surface area is 109 Å². The Bertz CT molecular complexity index is 403. The number of methoxy groups -OCH3 is 1. The van der Waals surface area contributed by atoms with Crippen molar-refractivity contribution in [1.82, 2.24) is 0 Å². The van der Waals surface area contributed by atoms with Crippen molar-refractivity contribution in [3.63, 3.8) is 0 Å². The molecule has 2 atom stereocenters. The van der Waals surface area contributed by atoms with Crippen LogP contribution in [0.15, 0.2) is 24.3 Å². The molecule has 3 nitrogen and oxygen atoms in total. The predicted molar refractivity (Wildman–Crippen MR) is 73.0 cm³/mol. The van der Waals surface area contributed by atoms with Gasteiger partial charge in [0.1, 0.15) is 5.75 Å². The first-order valence-electron chi connectivity index (χ1n) is 6.56. The van der Waals surface area contributed by atoms with Gasteiger partial charge in [0, 0.05) is 24.6 Å². The number of ether oxygens (including phenoxy) is 2. The quantitative estimate of drug-likeness (QED) is 0.872. The Kier molecular flexibility index (Phi) is 3.93. The summed E-state index contributed by atoms with van der Waals surface area (Å²) in [5.74, 6) is 1.30. The minimum atomic E-state index is -0.101. The lowest BCUT2D eigenvalue weighted by Gasteiger charge is -2.26. The standard InChI is InChI=1S/C15H23NO2/c1-15(2,17-3)9-8-13(16)12-10-18-14-7-5-4-6-11(12)14/h4-7,12-13H,8-10,16H2,1-3H3. The minimum Gasteiger partial charge on any atom is -0.493 e. The second-order valence-electron chi connectivity index (χ2n) is 5.62. The van der Waals surface area contributed by atoms with Crippen LogP contribution in [0.25, 0.3) is 0 Å². The Hall–Kier alpha value is -1.06. The highest BCUT2D eigenvalue weighted by Crippen LogP contribution is 2.36. The van der Waals surface area contributed by atoms with Crippen LogP contribution in [0.4, 0.5) is 0 Å². The van der Waals surface area contributed by atoms with Gasteiger partial charge in [-0.3, -0.25) is 0 Å². The number of hydrogen-bond acceptors (Lipinski definition) is 3. The molecule has 0 spiro atoms. The van der Waals surface area contributed by atoms with E-state index in [0.29, 0.717) is 12.5 Å². The van der Waals surface area contributed by atoms with Gasteiger partial charge in [0.15, 0.2) is 0 Å². The van der Waals surface area contributed by atoms with Gasteiger partial charge in [-0.1, -0.05) is 18.2 Å². The first-order valence-corrected chi connectivity index (χ1v) is 6.56. The summed E-state index contributed by atoms with van der Waals surface area (Å²) in [5, 5.41) is 0. The van der Waals surface area contributed by atoms with E-state index in [1.165, 1.54) is 5.56 Å². The zero-order valence-electron chi connectivity index (χ0n) is 11.5. The van der Waals surface area contributed by atoms with Crippen LogP contribution in [0.1, 0.15) is 38.2 Å². The maximum Gasteiger partial charge on any atom is 0.122 e. The van der Waals surface area contributed by atoms with Crippen LogP contribution in [0, 0.1) is 0 Å². The van der Waals surface area contributed by atoms with Gasteiger partial charge in [0.2, 0.25) is 0 Å². The maximum absolute atomic E-state index is 6.32. The molecule has 2 N–H and O–H groups in total. The molecule has 1 heterocycles. The van der Waals surface area contributed by atoms with Crippen molar-refractivity contribution in [2.75, 3.05) is 13.7 Å². The predicted octanol–water partition coefficient (Wildman–Crippen LogP) is 2.70. The molecule has 0 saturated heterocycles. The molecular weight excluding hydrogens is 226 g/mol. The van der Waals surface area contributed by atoms with E-state index in [1.54, 1.807) is 7.11 Å². The third-order valence-electron chi connectivity index (χ3n) is 3.89. The van der Waals surface area contributed by atoms with Gasteiger partial charge in [-0.2, -0.15) is 0 Å². The first-order chi connectivity index (χ1) is 8.53. The Morgan fingerprint density at radius 2 is 2.17 bits per heavy atom. The summed E-state index contributed by atoms with van der Waals surface area (Å²) in [4.78, 5) is 0. The summed E-state index contributed by atoms with van der Waals surface area (Å²) in [6.45, 7) is 4.89. The number of benzene rings is 1. The zero-order valence-corrected chi connectivity index (χ0v) is 11.5. The molecule has 0 aromatic heterocycles. The topological polar surface area (TPSA) is 44.5 Å². The van der Waals surface area contributed by atoms with Crippen LogP contribution >= 0.6 is 0 Å². The van der Waals surface area contributed by atoms with E-state index in [2.05, 4.69) is 19.9 Å². The highest BCUT2D eigenvalue weighted by Gasteiger charge is 2.30. The van der Waals surface area contributed by atoms with Crippen LogP contribution in [0.5, 0.6) is 5.75 Å². The van der Waals surface area contributed by atoms with Crippen molar-refractivity contribution >= 4 is 0 Å². The molecule has 0 amide bonds. The molecule has 0 fully saturated rings. The lowest BCUT2D eigenvalue weighted by Crippen LogP contribution is -2.33. The molecule has 0 radical (unpaired) electrons. The van der Waals surface area contributed by atoms with Crippen LogP contribution in [-0.2, 0) is 4.74 Å². The molecule has 0 saturated carbocycles. The van der Waals surface area contributed by atoms with Crippen molar-refractivity contribution in [2.45, 2.75) is 44.2 Å². The summed E-state index contributed by atoms with van der Waals surface area (Å²) in [6, 6.07) is 8.31. The van der Waals surface area contributed by atoms with E-state index in [4.69, 9.17) is 15.2 Å². The molecule has 1 aromatic carbocycles. The summed E-state index contributed by atoms with van der Waals surface area (Å²) in [5.41, 5.74) is 7.47. The lowest BCUT2D eigenvalue weighted by molar-refractivity contribution is 0.0118. The van der Waals surface area contributed by atoms with Crippen LogP contribution in [0.3, 0.4) is 0 Å². The summed E-state index contributed by atoms with van der Waals surface area (Å²) in [6.07, 6.45) is 1.91. The van der Waals surface area contributed by atoms with Gasteiger partial charge in [-0.15, -0.1) is 0 Å². The van der Waals surface area contributed by atoms with Crippen LogP contribution < -0.4 is 10.5 Å².